The van der Waals surface area contributed by atoms with E-state index in [1.54, 1.807) is 24.4 Å². The summed E-state index contributed by atoms with van der Waals surface area (Å²) in [5.74, 6) is 0.0445. The van der Waals surface area contributed by atoms with E-state index in [1.165, 1.54) is 0 Å². The van der Waals surface area contributed by atoms with Crippen LogP contribution in [-0.4, -0.2) is 24.6 Å². The summed E-state index contributed by atoms with van der Waals surface area (Å²) in [5.41, 5.74) is 5.06. The number of fused-ring (bicyclic) bond motifs is 1. The SMILES string of the molecule is Cc1cc(C(C)C)c(NC(=O)NS(=O)(=O)Cc2ccc3cn[nH]c3c2)c(C(C)C)c1. The molecule has 0 saturated carbocycles. The lowest BCUT2D eigenvalue weighted by Gasteiger charge is -2.21. The molecule has 0 unspecified atom stereocenters. The van der Waals surface area contributed by atoms with Crippen LogP contribution < -0.4 is 10.0 Å². The molecular weight excluding hydrogens is 400 g/mol. The van der Waals surface area contributed by atoms with E-state index in [0.29, 0.717) is 11.3 Å². The Labute approximate surface area is 177 Å². The summed E-state index contributed by atoms with van der Waals surface area (Å²) in [4.78, 5) is 12.6. The minimum Gasteiger partial charge on any atom is -0.307 e. The van der Waals surface area contributed by atoms with Crippen LogP contribution in [0.2, 0.25) is 0 Å². The molecule has 0 saturated heterocycles. The minimum absolute atomic E-state index is 0.176. The number of anilines is 1. The van der Waals surface area contributed by atoms with Crippen molar-refractivity contribution in [2.75, 3.05) is 5.32 Å². The zero-order valence-corrected chi connectivity index (χ0v) is 18.7. The molecule has 0 radical (unpaired) electrons. The molecule has 0 aliphatic carbocycles. The Balaban J connectivity index is 1.80. The lowest BCUT2D eigenvalue weighted by molar-refractivity contribution is 0.256. The number of nitrogens with zero attached hydrogens (tertiary/aromatic N) is 1. The first kappa shape index (κ1) is 21.8. The summed E-state index contributed by atoms with van der Waals surface area (Å²) in [7, 11) is -3.88. The number of aromatic amines is 1. The van der Waals surface area contributed by atoms with Crippen molar-refractivity contribution in [3.05, 3.63) is 58.8 Å². The van der Waals surface area contributed by atoms with Crippen LogP contribution in [0.4, 0.5) is 10.5 Å². The highest BCUT2D eigenvalue weighted by Gasteiger charge is 2.20. The molecule has 0 bridgehead atoms. The number of carbonyl (C=O) groups excluding carboxylic acids is 1. The third kappa shape index (κ3) is 4.99. The van der Waals surface area contributed by atoms with E-state index in [-0.39, 0.29) is 17.6 Å². The zero-order valence-electron chi connectivity index (χ0n) is 17.9. The van der Waals surface area contributed by atoms with Gasteiger partial charge in [-0.1, -0.05) is 57.5 Å². The van der Waals surface area contributed by atoms with E-state index in [1.807, 2.05) is 46.8 Å². The number of aromatic nitrogens is 2. The average Bonchev–Trinajstić information content (AvgIpc) is 3.09. The molecule has 2 amide bonds. The van der Waals surface area contributed by atoms with Gasteiger partial charge < -0.3 is 5.32 Å². The molecule has 3 rings (SSSR count). The van der Waals surface area contributed by atoms with Crippen molar-refractivity contribution in [3.8, 4) is 0 Å². The van der Waals surface area contributed by atoms with E-state index < -0.39 is 16.1 Å². The number of hydrogen-bond donors (Lipinski definition) is 3. The number of aryl methyl sites for hydroxylation is 1. The van der Waals surface area contributed by atoms with Gasteiger partial charge in [0.25, 0.3) is 0 Å². The molecule has 0 fully saturated rings. The smallest absolute Gasteiger partial charge is 0.307 e. The van der Waals surface area contributed by atoms with Crippen LogP contribution in [0.3, 0.4) is 0 Å². The van der Waals surface area contributed by atoms with E-state index in [9.17, 15) is 13.2 Å². The molecule has 3 N–H and O–H groups in total. The van der Waals surface area contributed by atoms with Gasteiger partial charge in [-0.05, 0) is 41.5 Å². The first-order valence-corrected chi connectivity index (χ1v) is 11.6. The molecular formula is C22H28N4O3S. The number of amides is 2. The van der Waals surface area contributed by atoms with Gasteiger partial charge in [-0.3, -0.25) is 5.10 Å². The zero-order chi connectivity index (χ0) is 22.1. The van der Waals surface area contributed by atoms with Crippen molar-refractivity contribution in [2.24, 2.45) is 0 Å². The fourth-order valence-corrected chi connectivity index (χ4v) is 4.53. The van der Waals surface area contributed by atoms with Crippen molar-refractivity contribution in [1.82, 2.24) is 14.9 Å². The van der Waals surface area contributed by atoms with Gasteiger partial charge in [-0.25, -0.2) is 17.9 Å². The largest absolute Gasteiger partial charge is 0.332 e. The number of nitrogens with one attached hydrogen (secondary N) is 3. The summed E-state index contributed by atoms with van der Waals surface area (Å²) in [6.07, 6.45) is 1.67. The maximum Gasteiger partial charge on any atom is 0.332 e. The van der Waals surface area contributed by atoms with Crippen molar-refractivity contribution in [2.45, 2.75) is 52.2 Å². The van der Waals surface area contributed by atoms with Crippen LogP contribution in [0.1, 0.15) is 61.8 Å². The summed E-state index contributed by atoms with van der Waals surface area (Å²) < 4.78 is 27.3. The Morgan fingerprint density at radius 3 is 2.30 bits per heavy atom. The molecule has 0 atom stereocenters. The molecule has 160 valence electrons. The first-order chi connectivity index (χ1) is 14.1. The summed E-state index contributed by atoms with van der Waals surface area (Å²) in [6.45, 7) is 10.2. The normalized spacial score (nSPS) is 12.0. The predicted molar refractivity (Wildman–Crippen MR) is 120 cm³/mol. The molecule has 3 aromatic rings. The maximum atomic E-state index is 12.6. The van der Waals surface area contributed by atoms with Gasteiger partial charge in [0.1, 0.15) is 0 Å². The quantitative estimate of drug-likeness (QED) is 0.526. The van der Waals surface area contributed by atoms with Crippen molar-refractivity contribution in [3.63, 3.8) is 0 Å². The van der Waals surface area contributed by atoms with Gasteiger partial charge >= 0.3 is 6.03 Å². The highest BCUT2D eigenvalue weighted by Crippen LogP contribution is 2.33. The van der Waals surface area contributed by atoms with Crippen LogP contribution in [0, 0.1) is 6.92 Å². The number of carbonyl (C=O) groups is 1. The van der Waals surface area contributed by atoms with Crippen LogP contribution in [-0.2, 0) is 15.8 Å². The number of hydrogen-bond acceptors (Lipinski definition) is 4. The van der Waals surface area contributed by atoms with E-state index >= 15 is 0 Å². The molecule has 30 heavy (non-hydrogen) atoms. The molecule has 1 aromatic heterocycles. The Morgan fingerprint density at radius 1 is 1.07 bits per heavy atom. The molecule has 0 aliphatic heterocycles. The van der Waals surface area contributed by atoms with Crippen LogP contribution in [0.5, 0.6) is 0 Å². The van der Waals surface area contributed by atoms with Gasteiger partial charge in [0.05, 0.1) is 17.5 Å². The fraction of sp³-hybridized carbons (Fsp3) is 0.364. The van der Waals surface area contributed by atoms with Crippen molar-refractivity contribution >= 4 is 32.6 Å². The third-order valence-corrected chi connectivity index (χ3v) is 6.15. The van der Waals surface area contributed by atoms with Crippen molar-refractivity contribution in [1.29, 1.82) is 0 Å². The number of benzene rings is 2. The van der Waals surface area contributed by atoms with Gasteiger partial charge in [0.15, 0.2) is 0 Å². The topological polar surface area (TPSA) is 104 Å². The highest BCUT2D eigenvalue weighted by molar-refractivity contribution is 7.89. The Hall–Kier alpha value is -2.87. The molecule has 0 spiro atoms. The van der Waals surface area contributed by atoms with Crippen LogP contribution >= 0.6 is 0 Å². The molecule has 2 aromatic carbocycles. The second kappa shape index (κ2) is 8.47. The summed E-state index contributed by atoms with van der Waals surface area (Å²) in [5, 5.41) is 10.4. The van der Waals surface area contributed by atoms with E-state index in [2.05, 4.69) is 20.2 Å². The molecule has 8 heteroatoms. The second-order valence-electron chi connectivity index (χ2n) is 8.23. The Morgan fingerprint density at radius 2 is 1.70 bits per heavy atom. The van der Waals surface area contributed by atoms with Gasteiger partial charge in [-0.2, -0.15) is 5.10 Å². The average molecular weight is 429 g/mol. The second-order valence-corrected chi connectivity index (χ2v) is 9.96. The fourth-order valence-electron chi connectivity index (χ4n) is 3.51. The number of H-pyrrole nitrogens is 1. The molecule has 1 heterocycles. The number of urea groups is 1. The van der Waals surface area contributed by atoms with E-state index in [4.69, 9.17) is 0 Å². The lowest BCUT2D eigenvalue weighted by Crippen LogP contribution is -2.35. The number of sulfonamides is 1. The van der Waals surface area contributed by atoms with E-state index in [0.717, 1.165) is 27.6 Å². The summed E-state index contributed by atoms with van der Waals surface area (Å²) in [6, 6.07) is 8.52. The number of rotatable bonds is 6. The van der Waals surface area contributed by atoms with Gasteiger partial charge in [-0.15, -0.1) is 0 Å². The Bertz CT molecular complexity index is 1150. The highest BCUT2D eigenvalue weighted by atomic mass is 32.2. The molecule has 0 aliphatic rings. The molecule has 7 nitrogen and oxygen atoms in total. The third-order valence-electron chi connectivity index (χ3n) is 4.94. The lowest BCUT2D eigenvalue weighted by atomic mass is 9.90. The monoisotopic (exact) mass is 428 g/mol. The van der Waals surface area contributed by atoms with Gasteiger partial charge in [0.2, 0.25) is 10.0 Å². The predicted octanol–water partition coefficient (Wildman–Crippen LogP) is 4.77. The standard InChI is InChI=1S/C22H28N4O3S/c1-13(2)18-8-15(5)9-19(14(3)4)21(18)24-22(27)26-30(28,29)12-16-6-7-17-11-23-25-20(17)10-16/h6-11,13-14H,12H2,1-5H3,(H,23,25)(H2,24,26,27). The van der Waals surface area contributed by atoms with Crippen LogP contribution in [0.15, 0.2) is 36.5 Å². The first-order valence-electron chi connectivity index (χ1n) is 9.93. The van der Waals surface area contributed by atoms with Gasteiger partial charge in [0, 0.05) is 11.1 Å². The van der Waals surface area contributed by atoms with Crippen LogP contribution in [0.25, 0.3) is 10.9 Å². The minimum atomic E-state index is -3.88. The maximum absolute atomic E-state index is 12.6. The summed E-state index contributed by atoms with van der Waals surface area (Å²) >= 11 is 0. The Kier molecular flexibility index (Phi) is 6.17. The van der Waals surface area contributed by atoms with Crippen molar-refractivity contribution < 1.29 is 13.2 Å².